The summed E-state index contributed by atoms with van der Waals surface area (Å²) in [4.78, 5) is 12.1. The molecule has 2 aromatic rings. The fourth-order valence-corrected chi connectivity index (χ4v) is 3.37. The third-order valence-corrected chi connectivity index (χ3v) is 5.70. The quantitative estimate of drug-likeness (QED) is 0.628. The fourth-order valence-electron chi connectivity index (χ4n) is 1.43. The summed E-state index contributed by atoms with van der Waals surface area (Å²) in [6, 6.07) is 5.75. The summed E-state index contributed by atoms with van der Waals surface area (Å²) in [6.07, 6.45) is 1.86. The number of anilines is 1. The van der Waals surface area contributed by atoms with Crippen LogP contribution in [0.3, 0.4) is 0 Å². The van der Waals surface area contributed by atoms with Crippen LogP contribution in [-0.4, -0.2) is 37.8 Å². The first-order chi connectivity index (χ1) is 9.96. The van der Waals surface area contributed by atoms with E-state index in [-0.39, 0.29) is 10.5 Å². The molecule has 0 spiro atoms. The zero-order valence-electron chi connectivity index (χ0n) is 11.2. The van der Waals surface area contributed by atoms with E-state index in [1.165, 1.54) is 54.4 Å². The lowest BCUT2D eigenvalue weighted by molar-refractivity contribution is 0.102. The number of aromatic nitrogens is 2. The third-order valence-electron chi connectivity index (χ3n) is 2.48. The van der Waals surface area contributed by atoms with Crippen molar-refractivity contribution >= 4 is 44.2 Å². The minimum atomic E-state index is -3.59. The van der Waals surface area contributed by atoms with Crippen molar-refractivity contribution in [1.29, 1.82) is 0 Å². The second-order valence-electron chi connectivity index (χ2n) is 3.77. The molecule has 0 radical (unpaired) electrons. The summed E-state index contributed by atoms with van der Waals surface area (Å²) in [7, 11) is -2.27. The van der Waals surface area contributed by atoms with Gasteiger partial charge in [0.05, 0.1) is 4.90 Å². The van der Waals surface area contributed by atoms with Gasteiger partial charge in [0, 0.05) is 5.56 Å². The highest BCUT2D eigenvalue weighted by Gasteiger charge is 2.15. The Morgan fingerprint density at radius 3 is 2.71 bits per heavy atom. The fraction of sp³-hybridized carbons (Fsp3) is 0.182. The molecule has 21 heavy (non-hydrogen) atoms. The van der Waals surface area contributed by atoms with Gasteiger partial charge in [-0.25, -0.2) is 13.1 Å². The van der Waals surface area contributed by atoms with Crippen LogP contribution in [-0.2, 0) is 10.0 Å². The lowest BCUT2D eigenvalue weighted by Gasteiger charge is -2.05. The Morgan fingerprint density at radius 2 is 2.10 bits per heavy atom. The van der Waals surface area contributed by atoms with Gasteiger partial charge in [0.25, 0.3) is 5.91 Å². The van der Waals surface area contributed by atoms with Gasteiger partial charge in [-0.05, 0) is 31.5 Å². The third kappa shape index (κ3) is 3.79. The lowest BCUT2D eigenvalue weighted by Crippen LogP contribution is -2.19. The molecule has 1 heterocycles. The average Bonchev–Trinajstić information content (AvgIpc) is 2.95. The van der Waals surface area contributed by atoms with Crippen LogP contribution in [0.2, 0.25) is 0 Å². The number of carbonyl (C=O) groups is 1. The van der Waals surface area contributed by atoms with Gasteiger partial charge in [-0.2, -0.15) is 0 Å². The molecule has 0 aliphatic heterocycles. The first-order valence-electron chi connectivity index (χ1n) is 5.68. The maximum atomic E-state index is 12.1. The summed E-state index contributed by atoms with van der Waals surface area (Å²) in [5, 5.41) is 10.6. The number of nitrogens with one attached hydrogen (secondary N) is 2. The zero-order valence-corrected chi connectivity index (χ0v) is 13.6. The van der Waals surface area contributed by atoms with E-state index in [4.69, 9.17) is 0 Å². The maximum Gasteiger partial charge on any atom is 0.257 e. The van der Waals surface area contributed by atoms with E-state index in [1.807, 2.05) is 6.26 Å². The minimum Gasteiger partial charge on any atom is -0.296 e. The highest BCUT2D eigenvalue weighted by atomic mass is 32.2. The van der Waals surface area contributed by atoms with Crippen molar-refractivity contribution in [2.24, 2.45) is 0 Å². The zero-order chi connectivity index (χ0) is 15.5. The Hall–Kier alpha value is -1.49. The highest BCUT2D eigenvalue weighted by molar-refractivity contribution is 8.00. The summed E-state index contributed by atoms with van der Waals surface area (Å²) >= 11 is 2.68. The van der Waals surface area contributed by atoms with Gasteiger partial charge in [-0.3, -0.25) is 10.1 Å². The molecule has 2 rings (SSSR count). The molecule has 0 fully saturated rings. The van der Waals surface area contributed by atoms with Gasteiger partial charge in [-0.1, -0.05) is 29.2 Å². The van der Waals surface area contributed by atoms with E-state index in [9.17, 15) is 13.2 Å². The number of amides is 1. The molecular formula is C11H12N4O3S3. The summed E-state index contributed by atoms with van der Waals surface area (Å²) in [5.41, 5.74) is 0.229. The number of rotatable bonds is 5. The second kappa shape index (κ2) is 6.52. The largest absolute Gasteiger partial charge is 0.296 e. The van der Waals surface area contributed by atoms with Crippen molar-refractivity contribution in [1.82, 2.24) is 14.9 Å². The van der Waals surface area contributed by atoms with Crippen LogP contribution < -0.4 is 10.0 Å². The van der Waals surface area contributed by atoms with Crippen molar-refractivity contribution in [3.8, 4) is 0 Å². The van der Waals surface area contributed by atoms with Gasteiger partial charge in [0.1, 0.15) is 0 Å². The van der Waals surface area contributed by atoms with Crippen LogP contribution in [0.25, 0.3) is 0 Å². The average molecular weight is 344 g/mol. The van der Waals surface area contributed by atoms with Crippen molar-refractivity contribution in [2.75, 3.05) is 18.6 Å². The van der Waals surface area contributed by atoms with Crippen molar-refractivity contribution in [2.45, 2.75) is 9.24 Å². The molecule has 0 aliphatic rings. The minimum absolute atomic E-state index is 0.0275. The van der Waals surface area contributed by atoms with Crippen LogP contribution in [0.1, 0.15) is 10.4 Å². The van der Waals surface area contributed by atoms with E-state index in [1.54, 1.807) is 0 Å². The van der Waals surface area contributed by atoms with Gasteiger partial charge in [0.2, 0.25) is 15.2 Å². The maximum absolute atomic E-state index is 12.1. The molecule has 1 aromatic heterocycles. The Kier molecular flexibility index (Phi) is 4.93. The van der Waals surface area contributed by atoms with Crippen LogP contribution in [0.5, 0.6) is 0 Å². The Bertz CT molecular complexity index is 758. The number of thioether (sulfide) groups is 1. The number of hydrogen-bond acceptors (Lipinski definition) is 7. The standard InChI is InChI=1S/C11H12N4O3S3/c1-12-21(17,18)8-5-3-4-7(6-8)9(16)13-10-14-15-11(19-2)20-10/h3-6,12H,1-2H3,(H,13,14,16). The monoisotopic (exact) mass is 344 g/mol. The lowest BCUT2D eigenvalue weighted by atomic mass is 10.2. The number of sulfonamides is 1. The van der Waals surface area contributed by atoms with Crippen LogP contribution in [0.4, 0.5) is 5.13 Å². The van der Waals surface area contributed by atoms with E-state index in [0.29, 0.717) is 5.13 Å². The highest BCUT2D eigenvalue weighted by Crippen LogP contribution is 2.23. The number of nitrogens with zero attached hydrogens (tertiary/aromatic N) is 2. The molecule has 0 saturated carbocycles. The predicted molar refractivity (Wildman–Crippen MR) is 82.3 cm³/mol. The second-order valence-corrected chi connectivity index (χ2v) is 7.68. The molecule has 0 saturated heterocycles. The Morgan fingerprint density at radius 1 is 1.33 bits per heavy atom. The Balaban J connectivity index is 2.22. The SMILES string of the molecule is CNS(=O)(=O)c1cccc(C(=O)Nc2nnc(SC)s2)c1. The van der Waals surface area contributed by atoms with Crippen LogP contribution in [0, 0.1) is 0 Å². The van der Waals surface area contributed by atoms with Crippen molar-refractivity contribution in [3.05, 3.63) is 29.8 Å². The molecule has 1 aromatic carbocycles. The molecule has 0 unspecified atom stereocenters. The van der Waals surface area contributed by atoms with E-state index >= 15 is 0 Å². The van der Waals surface area contributed by atoms with Gasteiger partial charge >= 0.3 is 0 Å². The van der Waals surface area contributed by atoms with Gasteiger partial charge < -0.3 is 0 Å². The molecule has 112 valence electrons. The topological polar surface area (TPSA) is 101 Å². The number of hydrogen-bond donors (Lipinski definition) is 2. The molecule has 1 amide bonds. The van der Waals surface area contributed by atoms with E-state index < -0.39 is 15.9 Å². The first kappa shape index (κ1) is 15.9. The molecule has 0 atom stereocenters. The predicted octanol–water partition coefficient (Wildman–Crippen LogP) is 1.42. The van der Waals surface area contributed by atoms with E-state index in [0.717, 1.165) is 4.34 Å². The molecule has 0 aliphatic carbocycles. The Labute approximate surface area is 130 Å². The smallest absolute Gasteiger partial charge is 0.257 e. The van der Waals surface area contributed by atoms with Crippen molar-refractivity contribution in [3.63, 3.8) is 0 Å². The van der Waals surface area contributed by atoms with Crippen LogP contribution in [0.15, 0.2) is 33.5 Å². The normalized spacial score (nSPS) is 11.3. The first-order valence-corrected chi connectivity index (χ1v) is 9.21. The number of benzene rings is 1. The molecule has 2 N–H and O–H groups in total. The summed E-state index contributed by atoms with van der Waals surface area (Å²) < 4.78 is 26.4. The molecular weight excluding hydrogens is 332 g/mol. The van der Waals surface area contributed by atoms with Gasteiger partial charge in [-0.15, -0.1) is 10.2 Å². The summed E-state index contributed by atoms with van der Waals surface area (Å²) in [6.45, 7) is 0. The van der Waals surface area contributed by atoms with Crippen molar-refractivity contribution < 1.29 is 13.2 Å². The molecule has 10 heteroatoms. The molecule has 0 bridgehead atoms. The molecule has 7 nitrogen and oxygen atoms in total. The number of carbonyl (C=O) groups excluding carboxylic acids is 1. The van der Waals surface area contributed by atoms with E-state index in [2.05, 4.69) is 20.2 Å². The summed E-state index contributed by atoms with van der Waals surface area (Å²) in [5.74, 6) is -0.438. The van der Waals surface area contributed by atoms with Crippen LogP contribution >= 0.6 is 23.1 Å². The van der Waals surface area contributed by atoms with Gasteiger partial charge in [0.15, 0.2) is 4.34 Å².